The zero-order valence-corrected chi connectivity index (χ0v) is 16.2. The number of methoxy groups -OCH3 is 2. The third-order valence-corrected chi connectivity index (χ3v) is 4.14. The zero-order chi connectivity index (χ0) is 20.1. The van der Waals surface area contributed by atoms with E-state index in [9.17, 15) is 4.79 Å². The highest BCUT2D eigenvalue weighted by Crippen LogP contribution is 2.37. The van der Waals surface area contributed by atoms with Crippen molar-refractivity contribution < 1.29 is 14.3 Å². The fourth-order valence-electron chi connectivity index (χ4n) is 2.43. The molecule has 28 heavy (non-hydrogen) atoms. The Morgan fingerprint density at radius 2 is 1.75 bits per heavy atom. The second-order valence-corrected chi connectivity index (χ2v) is 6.14. The van der Waals surface area contributed by atoms with Crippen LogP contribution in [0.4, 0.5) is 23.1 Å². The van der Waals surface area contributed by atoms with Crippen molar-refractivity contribution in [1.29, 1.82) is 0 Å². The van der Waals surface area contributed by atoms with Crippen molar-refractivity contribution in [3.63, 3.8) is 0 Å². The number of hydrogen-bond acceptors (Lipinski definition) is 8. The molecular weight excluding hydrogens is 382 g/mol. The van der Waals surface area contributed by atoms with Crippen molar-refractivity contribution in [2.75, 3.05) is 24.9 Å². The first-order chi connectivity index (χ1) is 13.5. The van der Waals surface area contributed by atoms with Crippen molar-refractivity contribution in [3.8, 4) is 11.5 Å². The molecule has 144 valence electrons. The second kappa shape index (κ2) is 8.53. The molecule has 3 rings (SSSR count). The number of anilines is 4. The van der Waals surface area contributed by atoms with Crippen LogP contribution in [0.15, 0.2) is 42.6 Å². The predicted octanol–water partition coefficient (Wildman–Crippen LogP) is 4.23. The van der Waals surface area contributed by atoms with E-state index in [1.807, 2.05) is 0 Å². The smallest absolute Gasteiger partial charge is 0.249 e. The Labute approximate surface area is 166 Å². The highest BCUT2D eigenvalue weighted by Gasteiger charge is 2.11. The summed E-state index contributed by atoms with van der Waals surface area (Å²) >= 11 is 6.13. The number of nitrogens with one attached hydrogen (secondary N) is 2. The summed E-state index contributed by atoms with van der Waals surface area (Å²) in [6.45, 7) is 1.52. The molecule has 0 amide bonds. The van der Waals surface area contributed by atoms with Crippen LogP contribution in [0.2, 0.25) is 5.02 Å². The van der Waals surface area contributed by atoms with E-state index in [1.165, 1.54) is 20.2 Å². The second-order valence-electron chi connectivity index (χ2n) is 5.74. The quantitative estimate of drug-likeness (QED) is 0.569. The van der Waals surface area contributed by atoms with Crippen LogP contribution in [0, 0.1) is 0 Å². The van der Waals surface area contributed by atoms with E-state index < -0.39 is 0 Å². The summed E-state index contributed by atoms with van der Waals surface area (Å²) in [5.41, 5.74) is 1.97. The predicted molar refractivity (Wildman–Crippen MR) is 107 cm³/mol. The lowest BCUT2D eigenvalue weighted by atomic mass is 10.1. The first-order valence-corrected chi connectivity index (χ1v) is 8.64. The van der Waals surface area contributed by atoms with Gasteiger partial charge < -0.3 is 20.1 Å². The van der Waals surface area contributed by atoms with Gasteiger partial charge in [0.15, 0.2) is 11.6 Å². The molecule has 2 aromatic carbocycles. The first kappa shape index (κ1) is 19.4. The average Bonchev–Trinajstić information content (AvgIpc) is 2.69. The summed E-state index contributed by atoms with van der Waals surface area (Å²) in [6.07, 6.45) is 1.48. The fraction of sp³-hybridized carbons (Fsp3) is 0.158. The molecule has 0 aliphatic rings. The van der Waals surface area contributed by atoms with Gasteiger partial charge in [0.1, 0.15) is 11.5 Å². The SMILES string of the molecule is COc1cc(Nc2cnnc(Nc3ccc(C(C)=O)cc3)n2)c(OC)cc1Cl. The van der Waals surface area contributed by atoms with E-state index in [0.29, 0.717) is 39.5 Å². The third kappa shape index (κ3) is 4.47. The Bertz CT molecular complexity index is 995. The maximum Gasteiger partial charge on any atom is 0.249 e. The van der Waals surface area contributed by atoms with Crippen molar-refractivity contribution >= 4 is 40.5 Å². The van der Waals surface area contributed by atoms with Gasteiger partial charge in [0, 0.05) is 23.4 Å². The molecule has 9 heteroatoms. The summed E-state index contributed by atoms with van der Waals surface area (Å²) in [6, 6.07) is 10.3. The summed E-state index contributed by atoms with van der Waals surface area (Å²) in [4.78, 5) is 15.7. The van der Waals surface area contributed by atoms with Gasteiger partial charge in [-0.25, -0.2) is 0 Å². The topological polar surface area (TPSA) is 98.3 Å². The zero-order valence-electron chi connectivity index (χ0n) is 15.5. The standard InChI is InChI=1S/C19H18ClN5O3/c1-11(26)12-4-6-13(7-5-12)22-19-24-18(10-21-25-19)23-15-9-16(27-2)14(20)8-17(15)28-3/h4-10H,1-3H3,(H2,22,23,24,25). The van der Waals surface area contributed by atoms with Gasteiger partial charge in [-0.3, -0.25) is 4.79 Å². The number of ether oxygens (including phenoxy) is 2. The maximum absolute atomic E-state index is 11.4. The van der Waals surface area contributed by atoms with E-state index in [0.717, 1.165) is 5.69 Å². The molecule has 0 saturated carbocycles. The number of benzene rings is 2. The molecule has 3 aromatic rings. The van der Waals surface area contributed by atoms with Gasteiger partial charge in [0.2, 0.25) is 5.95 Å². The molecule has 0 atom stereocenters. The highest BCUT2D eigenvalue weighted by molar-refractivity contribution is 6.32. The molecule has 1 heterocycles. The lowest BCUT2D eigenvalue weighted by Gasteiger charge is -2.13. The Hall–Kier alpha value is -3.39. The molecule has 8 nitrogen and oxygen atoms in total. The van der Waals surface area contributed by atoms with Crippen molar-refractivity contribution in [3.05, 3.63) is 53.2 Å². The molecule has 0 radical (unpaired) electrons. The van der Waals surface area contributed by atoms with Gasteiger partial charge in [-0.2, -0.15) is 10.1 Å². The molecule has 0 bridgehead atoms. The Morgan fingerprint density at radius 3 is 2.39 bits per heavy atom. The van der Waals surface area contributed by atoms with E-state index in [4.69, 9.17) is 21.1 Å². The largest absolute Gasteiger partial charge is 0.495 e. The van der Waals surface area contributed by atoms with E-state index in [1.54, 1.807) is 43.5 Å². The number of rotatable bonds is 7. The molecule has 0 unspecified atom stereocenters. The van der Waals surface area contributed by atoms with Crippen LogP contribution in [0.1, 0.15) is 17.3 Å². The minimum atomic E-state index is 0.00278. The molecule has 0 aliphatic carbocycles. The van der Waals surface area contributed by atoms with Crippen LogP contribution in [0.5, 0.6) is 11.5 Å². The molecule has 0 fully saturated rings. The van der Waals surface area contributed by atoms with E-state index in [-0.39, 0.29) is 5.78 Å². The Kier molecular flexibility index (Phi) is 5.90. The fourth-order valence-corrected chi connectivity index (χ4v) is 2.66. The molecule has 1 aromatic heterocycles. The highest BCUT2D eigenvalue weighted by atomic mass is 35.5. The van der Waals surface area contributed by atoms with Gasteiger partial charge in [-0.1, -0.05) is 11.6 Å². The molecular formula is C19H18ClN5O3. The first-order valence-electron chi connectivity index (χ1n) is 8.26. The Morgan fingerprint density at radius 1 is 1.04 bits per heavy atom. The summed E-state index contributed by atoms with van der Waals surface area (Å²) in [7, 11) is 3.07. The van der Waals surface area contributed by atoms with E-state index in [2.05, 4.69) is 25.8 Å². The van der Waals surface area contributed by atoms with Crippen LogP contribution < -0.4 is 20.1 Å². The van der Waals surface area contributed by atoms with Gasteiger partial charge in [0.05, 0.1) is 31.1 Å². The van der Waals surface area contributed by atoms with Crippen LogP contribution in [0.25, 0.3) is 0 Å². The van der Waals surface area contributed by atoms with E-state index >= 15 is 0 Å². The van der Waals surface area contributed by atoms with Gasteiger partial charge in [0.25, 0.3) is 0 Å². The van der Waals surface area contributed by atoms with Crippen LogP contribution in [-0.4, -0.2) is 35.2 Å². The van der Waals surface area contributed by atoms with Crippen molar-refractivity contribution in [1.82, 2.24) is 15.2 Å². The van der Waals surface area contributed by atoms with Crippen molar-refractivity contribution in [2.45, 2.75) is 6.92 Å². The maximum atomic E-state index is 11.4. The molecule has 0 aliphatic heterocycles. The number of halogens is 1. The lowest BCUT2D eigenvalue weighted by Crippen LogP contribution is -2.03. The van der Waals surface area contributed by atoms with Crippen LogP contribution >= 0.6 is 11.6 Å². The minimum absolute atomic E-state index is 0.00278. The number of nitrogens with zero attached hydrogens (tertiary/aromatic N) is 3. The third-order valence-electron chi connectivity index (χ3n) is 3.84. The molecule has 0 saturated heterocycles. The number of Topliss-reactive ketones (excluding diaryl/α,β-unsaturated/α-hetero) is 1. The monoisotopic (exact) mass is 399 g/mol. The number of carbonyl (C=O) groups is 1. The number of hydrogen-bond donors (Lipinski definition) is 2. The number of ketones is 1. The summed E-state index contributed by atoms with van der Waals surface area (Å²) in [5.74, 6) is 1.76. The number of aromatic nitrogens is 3. The average molecular weight is 400 g/mol. The number of carbonyl (C=O) groups excluding carboxylic acids is 1. The minimum Gasteiger partial charge on any atom is -0.495 e. The van der Waals surface area contributed by atoms with Crippen molar-refractivity contribution in [2.24, 2.45) is 0 Å². The molecule has 0 spiro atoms. The summed E-state index contributed by atoms with van der Waals surface area (Å²) < 4.78 is 10.6. The lowest BCUT2D eigenvalue weighted by molar-refractivity contribution is 0.101. The Balaban J connectivity index is 1.81. The van der Waals surface area contributed by atoms with Gasteiger partial charge >= 0.3 is 0 Å². The van der Waals surface area contributed by atoms with Crippen LogP contribution in [-0.2, 0) is 0 Å². The van der Waals surface area contributed by atoms with Gasteiger partial charge in [-0.15, -0.1) is 5.10 Å². The summed E-state index contributed by atoms with van der Waals surface area (Å²) in [5, 5.41) is 14.5. The van der Waals surface area contributed by atoms with Crippen LogP contribution in [0.3, 0.4) is 0 Å². The molecule has 2 N–H and O–H groups in total. The normalized spacial score (nSPS) is 10.3. The van der Waals surface area contributed by atoms with Gasteiger partial charge in [-0.05, 0) is 31.2 Å².